The first-order chi connectivity index (χ1) is 9.90. The lowest BCUT2D eigenvalue weighted by molar-refractivity contribution is -0.384. The van der Waals surface area contributed by atoms with E-state index in [1.54, 1.807) is 25.1 Å². The van der Waals surface area contributed by atoms with Crippen molar-refractivity contribution in [2.45, 2.75) is 12.8 Å². The number of carbonyl (C=O) groups excluding carboxylic acids is 1. The van der Waals surface area contributed by atoms with Crippen LogP contribution in [0.15, 0.2) is 18.2 Å². The topological polar surface area (TPSA) is 66.7 Å². The van der Waals surface area contributed by atoms with E-state index in [-0.39, 0.29) is 17.5 Å². The highest BCUT2D eigenvalue weighted by molar-refractivity contribution is 6.33. The second-order valence-corrected chi connectivity index (χ2v) is 5.79. The van der Waals surface area contributed by atoms with Crippen molar-refractivity contribution in [3.8, 4) is 0 Å². The van der Waals surface area contributed by atoms with Gasteiger partial charge in [0.15, 0.2) is 0 Å². The highest BCUT2D eigenvalue weighted by atomic mass is 35.5. The smallest absolute Gasteiger partial charge is 0.271 e. The van der Waals surface area contributed by atoms with Crippen molar-refractivity contribution in [1.29, 1.82) is 0 Å². The maximum absolute atomic E-state index is 11.9. The molecule has 0 unspecified atom stereocenters. The molecule has 2 rings (SSSR count). The molecule has 0 bridgehead atoms. The average Bonchev–Trinajstić information content (AvgIpc) is 2.46. The monoisotopic (exact) mass is 311 g/mol. The van der Waals surface area contributed by atoms with Crippen LogP contribution in [-0.2, 0) is 4.79 Å². The van der Waals surface area contributed by atoms with Crippen LogP contribution in [-0.4, -0.2) is 42.9 Å². The molecule has 1 heterocycles. The fourth-order valence-electron chi connectivity index (χ4n) is 2.60. The maximum atomic E-state index is 11.9. The van der Waals surface area contributed by atoms with Crippen molar-refractivity contribution < 1.29 is 9.72 Å². The van der Waals surface area contributed by atoms with Gasteiger partial charge in [-0.2, -0.15) is 0 Å². The summed E-state index contributed by atoms with van der Waals surface area (Å²) >= 11 is 6.13. The molecular formula is C14H18ClN3O3. The number of amides is 1. The second-order valence-electron chi connectivity index (χ2n) is 5.39. The van der Waals surface area contributed by atoms with E-state index in [0.29, 0.717) is 5.02 Å². The summed E-state index contributed by atoms with van der Waals surface area (Å²) < 4.78 is 0. The summed E-state index contributed by atoms with van der Waals surface area (Å²) in [6.45, 7) is 1.45. The Morgan fingerprint density at radius 3 is 2.48 bits per heavy atom. The lowest BCUT2D eigenvalue weighted by Crippen LogP contribution is -2.40. The van der Waals surface area contributed by atoms with Crippen molar-refractivity contribution in [2.24, 2.45) is 5.92 Å². The molecule has 1 amide bonds. The molecule has 0 radical (unpaired) electrons. The van der Waals surface area contributed by atoms with Crippen molar-refractivity contribution in [3.05, 3.63) is 33.3 Å². The molecule has 6 nitrogen and oxygen atoms in total. The minimum Gasteiger partial charge on any atom is -0.370 e. The average molecular weight is 312 g/mol. The number of halogens is 1. The Balaban J connectivity index is 2.06. The normalized spacial score (nSPS) is 15.9. The number of piperidine rings is 1. The molecule has 1 aromatic carbocycles. The van der Waals surface area contributed by atoms with Gasteiger partial charge in [0.2, 0.25) is 5.91 Å². The summed E-state index contributed by atoms with van der Waals surface area (Å²) in [6.07, 6.45) is 1.54. The number of carbonyl (C=O) groups is 1. The van der Waals surface area contributed by atoms with E-state index in [4.69, 9.17) is 11.6 Å². The molecule has 0 saturated carbocycles. The zero-order chi connectivity index (χ0) is 15.6. The van der Waals surface area contributed by atoms with Crippen LogP contribution < -0.4 is 4.90 Å². The summed E-state index contributed by atoms with van der Waals surface area (Å²) in [7, 11) is 3.53. The van der Waals surface area contributed by atoms with E-state index in [9.17, 15) is 14.9 Å². The molecule has 0 N–H and O–H groups in total. The minimum absolute atomic E-state index is 0.0126. The molecule has 7 heteroatoms. The lowest BCUT2D eigenvalue weighted by atomic mass is 9.95. The van der Waals surface area contributed by atoms with Gasteiger partial charge in [-0.3, -0.25) is 14.9 Å². The van der Waals surface area contributed by atoms with Gasteiger partial charge < -0.3 is 9.80 Å². The van der Waals surface area contributed by atoms with Crippen LogP contribution in [0.2, 0.25) is 5.02 Å². The van der Waals surface area contributed by atoms with Crippen LogP contribution in [0.5, 0.6) is 0 Å². The number of hydrogen-bond donors (Lipinski definition) is 0. The summed E-state index contributed by atoms with van der Waals surface area (Å²) in [5.74, 6) is 0.206. The third-order valence-corrected chi connectivity index (χ3v) is 4.07. The van der Waals surface area contributed by atoms with Gasteiger partial charge in [-0.15, -0.1) is 0 Å². The number of nitro groups is 1. The fraction of sp³-hybridized carbons (Fsp3) is 0.500. The maximum Gasteiger partial charge on any atom is 0.271 e. The van der Waals surface area contributed by atoms with E-state index in [1.165, 1.54) is 12.1 Å². The first-order valence-corrected chi connectivity index (χ1v) is 7.18. The first-order valence-electron chi connectivity index (χ1n) is 6.80. The molecule has 114 valence electrons. The molecule has 1 aromatic rings. The number of nitrogens with zero attached hydrogens (tertiary/aromatic N) is 3. The molecule has 1 saturated heterocycles. The molecule has 0 atom stereocenters. The highest BCUT2D eigenvalue weighted by Gasteiger charge is 2.27. The van der Waals surface area contributed by atoms with Crippen LogP contribution in [0.3, 0.4) is 0 Å². The Morgan fingerprint density at radius 1 is 1.38 bits per heavy atom. The first kappa shape index (κ1) is 15.6. The Labute approximate surface area is 128 Å². The molecule has 1 aliphatic heterocycles. The summed E-state index contributed by atoms with van der Waals surface area (Å²) in [4.78, 5) is 25.9. The minimum atomic E-state index is -0.461. The zero-order valence-electron chi connectivity index (χ0n) is 12.1. The quantitative estimate of drug-likeness (QED) is 0.635. The molecule has 21 heavy (non-hydrogen) atoms. The number of non-ortho nitro benzene ring substituents is 1. The van der Waals surface area contributed by atoms with Gasteiger partial charge >= 0.3 is 0 Å². The van der Waals surface area contributed by atoms with Crippen molar-refractivity contribution >= 4 is 28.9 Å². The molecule has 0 aromatic heterocycles. The number of hydrogen-bond acceptors (Lipinski definition) is 4. The van der Waals surface area contributed by atoms with Gasteiger partial charge in [0.05, 0.1) is 15.6 Å². The Bertz CT molecular complexity index is 554. The lowest BCUT2D eigenvalue weighted by Gasteiger charge is -2.34. The van der Waals surface area contributed by atoms with Gasteiger partial charge in [0.25, 0.3) is 5.69 Å². The van der Waals surface area contributed by atoms with E-state index in [1.807, 2.05) is 0 Å². The molecule has 0 aliphatic carbocycles. The van der Waals surface area contributed by atoms with Crippen LogP contribution in [0, 0.1) is 16.0 Å². The SMILES string of the molecule is CN(C)C(=O)C1CCN(c2ccc([N+](=O)[O-])cc2Cl)CC1. The number of anilines is 1. The number of nitro benzene ring substituents is 1. The standard InChI is InChI=1S/C14H18ClN3O3/c1-16(2)14(19)10-5-7-17(8-6-10)13-4-3-11(18(20)21)9-12(13)15/h3-4,9-10H,5-8H2,1-2H3. The van der Waals surface area contributed by atoms with Crippen molar-refractivity contribution in [2.75, 3.05) is 32.1 Å². The van der Waals surface area contributed by atoms with Gasteiger partial charge in [-0.05, 0) is 18.9 Å². The largest absolute Gasteiger partial charge is 0.370 e. The van der Waals surface area contributed by atoms with E-state index >= 15 is 0 Å². The van der Waals surface area contributed by atoms with Gasteiger partial charge in [0.1, 0.15) is 0 Å². The Morgan fingerprint density at radius 2 is 2.00 bits per heavy atom. The zero-order valence-corrected chi connectivity index (χ0v) is 12.8. The summed E-state index contributed by atoms with van der Waals surface area (Å²) in [5.41, 5.74) is 0.777. The third kappa shape index (κ3) is 3.44. The number of benzene rings is 1. The van der Waals surface area contributed by atoms with Gasteiger partial charge in [-0.25, -0.2) is 0 Å². The van der Waals surface area contributed by atoms with E-state index in [0.717, 1.165) is 31.6 Å². The third-order valence-electron chi connectivity index (χ3n) is 3.77. The van der Waals surface area contributed by atoms with E-state index < -0.39 is 4.92 Å². The van der Waals surface area contributed by atoms with Gasteiger partial charge in [-0.1, -0.05) is 11.6 Å². The van der Waals surface area contributed by atoms with Crippen molar-refractivity contribution in [3.63, 3.8) is 0 Å². The Kier molecular flexibility index (Phi) is 4.67. The van der Waals surface area contributed by atoms with Crippen molar-refractivity contribution in [1.82, 2.24) is 4.90 Å². The number of rotatable bonds is 3. The molecular weight excluding hydrogens is 294 g/mol. The molecule has 0 spiro atoms. The molecule has 1 aliphatic rings. The van der Waals surface area contributed by atoms with Crippen LogP contribution >= 0.6 is 11.6 Å². The second kappa shape index (κ2) is 6.30. The van der Waals surface area contributed by atoms with E-state index in [2.05, 4.69) is 4.90 Å². The van der Waals surface area contributed by atoms with Gasteiger partial charge in [0, 0.05) is 45.2 Å². The predicted octanol–water partition coefficient (Wildman–Crippen LogP) is 2.55. The summed E-state index contributed by atoms with van der Waals surface area (Å²) in [6, 6.07) is 4.50. The Hall–Kier alpha value is -1.82. The highest BCUT2D eigenvalue weighted by Crippen LogP contribution is 2.32. The summed E-state index contributed by atoms with van der Waals surface area (Å²) in [5, 5.41) is 11.1. The fourth-order valence-corrected chi connectivity index (χ4v) is 2.89. The van der Waals surface area contributed by atoms with Crippen LogP contribution in [0.1, 0.15) is 12.8 Å². The van der Waals surface area contributed by atoms with Crippen LogP contribution in [0.4, 0.5) is 11.4 Å². The predicted molar refractivity (Wildman–Crippen MR) is 81.7 cm³/mol. The van der Waals surface area contributed by atoms with Crippen LogP contribution in [0.25, 0.3) is 0 Å². The molecule has 1 fully saturated rings.